The third-order valence-corrected chi connectivity index (χ3v) is 15.8. The van der Waals surface area contributed by atoms with E-state index in [2.05, 4.69) is 49.9 Å². The van der Waals surface area contributed by atoms with Gasteiger partial charge in [0, 0.05) is 42.3 Å². The first-order chi connectivity index (χ1) is 40.8. The normalized spacial score (nSPS) is 28.1. The van der Waals surface area contributed by atoms with E-state index in [1.807, 2.05) is 0 Å². The molecule has 476 valence electrons. The highest BCUT2D eigenvalue weighted by Gasteiger charge is 2.56. The van der Waals surface area contributed by atoms with Crippen molar-refractivity contribution in [3.8, 4) is 5.75 Å². The number of imidazole rings is 3. The molecule has 8 N–H and O–H groups in total. The van der Waals surface area contributed by atoms with Crippen molar-refractivity contribution in [2.45, 2.75) is 126 Å². The van der Waals surface area contributed by atoms with E-state index in [0.29, 0.717) is 17.0 Å². The number of fused-ring (bicyclic) bond motifs is 3. The Morgan fingerprint density at radius 2 is 1.03 bits per heavy atom. The zero-order valence-electron chi connectivity index (χ0n) is 49.2. The summed E-state index contributed by atoms with van der Waals surface area (Å²) in [5, 5.41) is 52.0. The van der Waals surface area contributed by atoms with Crippen molar-refractivity contribution in [3.63, 3.8) is 0 Å². The number of anilines is 4. The maximum atomic E-state index is 15.5. The molecule has 7 aromatic rings. The lowest BCUT2D eigenvalue weighted by atomic mass is 9.99. The number of nitrogens with two attached hydrogens (primary N) is 1. The number of rotatable bonds is 17. The number of carbonyl (C=O) groups is 1. The van der Waals surface area contributed by atoms with Crippen LogP contribution in [0.2, 0.25) is 0 Å². The molecule has 0 saturated carbocycles. The van der Waals surface area contributed by atoms with Gasteiger partial charge in [-0.2, -0.15) is 43.8 Å². The van der Waals surface area contributed by atoms with Crippen LogP contribution in [0.5, 0.6) is 5.75 Å². The van der Waals surface area contributed by atoms with Crippen LogP contribution in [0.1, 0.15) is 60.2 Å². The van der Waals surface area contributed by atoms with Gasteiger partial charge < -0.3 is 69.4 Å². The molecule has 0 amide bonds. The molecule has 30 nitrogen and oxygen atoms in total. The number of nitrogens with one attached hydrogen (secondary N) is 1. The van der Waals surface area contributed by atoms with Gasteiger partial charge in [0.15, 0.2) is 88.1 Å². The Bertz CT molecular complexity index is 3490. The van der Waals surface area contributed by atoms with Gasteiger partial charge in [0.25, 0.3) is 0 Å². The molecule has 36 heteroatoms. The van der Waals surface area contributed by atoms with Crippen LogP contribution < -0.4 is 30.0 Å². The quantitative estimate of drug-likeness (QED) is 0.0298. The fourth-order valence-corrected chi connectivity index (χ4v) is 11.0. The molecule has 87 heavy (non-hydrogen) atoms. The van der Waals surface area contributed by atoms with Crippen molar-refractivity contribution < 1.29 is 84.8 Å². The lowest BCUT2D eigenvalue weighted by molar-refractivity contribution is -0.149. The van der Waals surface area contributed by atoms with Gasteiger partial charge in [-0.25, -0.2) is 32.7 Å². The predicted octanol–water partition coefficient (Wildman–Crippen LogP) is 2.61. The van der Waals surface area contributed by atoms with E-state index in [4.69, 9.17) is 33.7 Å². The van der Waals surface area contributed by atoms with Crippen LogP contribution in [0.25, 0.3) is 33.5 Å². The van der Waals surface area contributed by atoms with Crippen LogP contribution in [0.3, 0.4) is 0 Å². The van der Waals surface area contributed by atoms with E-state index >= 15 is 4.39 Å². The van der Waals surface area contributed by atoms with Crippen molar-refractivity contribution in [2.24, 2.45) is 0 Å². The highest BCUT2D eigenvalue weighted by molar-refractivity contribution is 7.52. The molecule has 14 atom stereocenters. The van der Waals surface area contributed by atoms with E-state index in [9.17, 15) is 52.5 Å². The number of aliphatic hydroxyl groups is 5. The number of alkyl halides is 3. The van der Waals surface area contributed by atoms with E-state index in [-0.39, 0.29) is 45.7 Å². The second kappa shape index (κ2) is 25.5. The van der Waals surface area contributed by atoms with Crippen molar-refractivity contribution >= 4 is 70.6 Å². The zero-order valence-corrected chi connectivity index (χ0v) is 50.1. The number of nitrogen functional groups attached to an aromatic ring is 1. The van der Waals surface area contributed by atoms with Gasteiger partial charge in [0.1, 0.15) is 46.9 Å². The fraction of sp³-hybridized carbons (Fsp3) is 0.569. The summed E-state index contributed by atoms with van der Waals surface area (Å²) < 4.78 is 123. The molecule has 3 saturated heterocycles. The maximum Gasteiger partial charge on any atom is 0.459 e. The Hall–Kier alpha value is -7.18. The van der Waals surface area contributed by atoms with E-state index in [1.54, 1.807) is 84.1 Å². The summed E-state index contributed by atoms with van der Waals surface area (Å²) in [6.45, 7) is 7.22. The molecule has 0 spiro atoms. The molecular weight excluding hydrogens is 1180 g/mol. The molecule has 9 heterocycles. The van der Waals surface area contributed by atoms with Crippen LogP contribution in [0.4, 0.5) is 45.4 Å². The number of halogens is 5. The molecule has 1 aromatic carbocycles. The number of aliphatic hydroxyl groups excluding tert-OH is 5. The summed E-state index contributed by atoms with van der Waals surface area (Å²) in [4.78, 5) is 52.7. The van der Waals surface area contributed by atoms with Gasteiger partial charge in [-0.3, -0.25) is 23.0 Å². The Morgan fingerprint density at radius 3 is 1.41 bits per heavy atom. The number of para-hydroxylation sites is 1. The average Bonchev–Trinajstić information content (AvgIpc) is 1.66. The first kappa shape index (κ1) is 65.8. The molecule has 1 unspecified atom stereocenters. The van der Waals surface area contributed by atoms with Crippen molar-refractivity contribution in [1.29, 1.82) is 0 Å². The predicted molar refractivity (Wildman–Crippen MR) is 300 cm³/mol. The fourth-order valence-electron chi connectivity index (χ4n) is 9.43. The number of hydrogen-bond donors (Lipinski definition) is 7. The minimum Gasteiger partial charge on any atom is -0.462 e. The highest BCUT2D eigenvalue weighted by Crippen LogP contribution is 2.49. The van der Waals surface area contributed by atoms with Crippen molar-refractivity contribution in [2.75, 3.05) is 82.5 Å². The van der Waals surface area contributed by atoms with E-state index in [1.165, 1.54) is 72.8 Å². The summed E-state index contributed by atoms with van der Waals surface area (Å²) >= 11 is 0. The molecule has 3 fully saturated rings. The van der Waals surface area contributed by atoms with E-state index in [0.717, 1.165) is 4.57 Å². The van der Waals surface area contributed by atoms with Gasteiger partial charge in [0.05, 0.1) is 44.9 Å². The second-order valence-corrected chi connectivity index (χ2v) is 23.8. The van der Waals surface area contributed by atoms with Crippen LogP contribution in [0.15, 0.2) is 49.3 Å². The van der Waals surface area contributed by atoms with Crippen molar-refractivity contribution in [3.05, 3.63) is 61.5 Å². The number of carbonyl (C=O) groups excluding carboxylic acids is 1. The third-order valence-electron chi connectivity index (χ3n) is 14.2. The molecule has 0 bridgehead atoms. The summed E-state index contributed by atoms with van der Waals surface area (Å²) in [6.07, 6.45) is -13.0. The lowest BCUT2D eigenvalue weighted by Gasteiger charge is -2.30. The minimum atomic E-state index is -4.34. The number of nitrogens with zero attached hydrogens (tertiary/aromatic N) is 15. The molecule has 3 aliphatic heterocycles. The monoisotopic (exact) mass is 1250 g/mol. The lowest BCUT2D eigenvalue weighted by Crippen LogP contribution is -2.44. The van der Waals surface area contributed by atoms with Crippen LogP contribution in [-0.4, -0.2) is 218 Å². The number of esters is 1. The zero-order chi connectivity index (χ0) is 64.0. The summed E-state index contributed by atoms with van der Waals surface area (Å²) in [5.74, 6) is 0.375. The Labute approximate surface area is 493 Å². The Kier molecular flexibility index (Phi) is 19.3. The molecular formula is C51H69F5N17O13P. The third kappa shape index (κ3) is 13.2. The van der Waals surface area contributed by atoms with Crippen LogP contribution in [0, 0.1) is 12.2 Å². The summed E-state index contributed by atoms with van der Waals surface area (Å²) in [6, 6.07) is 6.94. The number of aromatic nitrogens is 12. The van der Waals surface area contributed by atoms with Crippen LogP contribution in [-0.2, 0) is 32.8 Å². The van der Waals surface area contributed by atoms with Crippen molar-refractivity contribution in [1.82, 2.24) is 63.6 Å². The van der Waals surface area contributed by atoms with Gasteiger partial charge in [-0.1, -0.05) is 18.2 Å². The van der Waals surface area contributed by atoms with Gasteiger partial charge >= 0.3 is 25.9 Å². The van der Waals surface area contributed by atoms with Gasteiger partial charge in [0.2, 0.25) is 5.95 Å². The Balaban J connectivity index is 0.000000182. The molecule has 3 aliphatic rings. The summed E-state index contributed by atoms with van der Waals surface area (Å²) in [7, 11) is 5.81. The first-order valence-corrected chi connectivity index (χ1v) is 28.3. The topological polar surface area (TPSA) is 369 Å². The van der Waals surface area contributed by atoms with Gasteiger partial charge in [-0.05, 0) is 53.7 Å². The molecule has 0 aliphatic carbocycles. The van der Waals surface area contributed by atoms with Crippen LogP contribution >= 0.6 is 7.75 Å². The second-order valence-electron chi connectivity index (χ2n) is 22.2. The molecule has 10 rings (SSSR count). The Morgan fingerprint density at radius 1 is 0.655 bits per heavy atom. The number of ether oxygens (including phenoxy) is 4. The minimum absolute atomic E-state index is 0.0156. The SMILES string of the molecule is CC(C)OC(=O)[C@H](C)NP(=O)(OC[C@@]1(C)O[C@@H](n2cnc3c(N(C)C)nc(F)nc32)[C@H](F)[C@@H]1O)Oc1ccccc1.CN(C)c1nc(F)nc2c1ncn2[C@@H]1O[C@](C)(CO)[C@@H](O)[C@H]1F.CN(C)c1nc(N)nc2c1ncn2[C@@H]1O[C@](C)(CO)[C@@H](O)[C@H]1F. The van der Waals surface area contributed by atoms with E-state index < -0.39 is 130 Å². The summed E-state index contributed by atoms with van der Waals surface area (Å²) in [5.41, 5.74) is 2.28. The number of hydrogen-bond acceptors (Lipinski definition) is 26. The molecule has 0 radical (unpaired) electrons. The standard InChI is InChI=1S/C25H33F2N6O7P.C13H17F2N5O3.C13H19FN6O3/c1-14(2)38-23(35)15(3)31-41(36,40-16-10-8-7-9-11-16)37-12-25(4)19(34)17(26)22(39-25)33-13-28-18-20(32(5)6)29-24(27)30-21(18)33;2*1-13(4-21)8(22)6(14)11(23-13)20-5-16-7-9(19(2)3)17-12(15)18-10(7)20/h7-11,13-15,17,19,22,34H,12H2,1-6H3,(H,31,36);5-6,8,11,21-22H,4H2,1-3H3;5-6,8,11,21-22H,4H2,1-3H3,(H2,15,17,18)/t15-,17+,19-,22+,25+,41?;2*6-,8+,11-,13-/m011/s1. The average molecular weight is 1250 g/mol. The van der Waals surface area contributed by atoms with Gasteiger partial charge in [-0.15, -0.1) is 0 Å². The smallest absolute Gasteiger partial charge is 0.459 e. The first-order valence-electron chi connectivity index (χ1n) is 26.8. The highest BCUT2D eigenvalue weighted by atomic mass is 31.2. The largest absolute Gasteiger partial charge is 0.462 e. The number of benzene rings is 1. The maximum absolute atomic E-state index is 15.5. The molecule has 6 aromatic heterocycles.